The number of aromatic nitrogens is 1. The van der Waals surface area contributed by atoms with Crippen molar-refractivity contribution in [1.29, 1.82) is 0 Å². The number of nitrogens with one attached hydrogen (secondary N) is 3. The number of likely N-dealkylation sites (N-methyl/N-ethyl adjacent to an activating group) is 2. The number of aryl methyl sites for hydroxylation is 1. The zero-order valence-corrected chi connectivity index (χ0v) is 39.7. The number of rotatable bonds is 17. The van der Waals surface area contributed by atoms with Crippen molar-refractivity contribution in [3.8, 4) is 0 Å². The van der Waals surface area contributed by atoms with Crippen molar-refractivity contribution in [2.45, 2.75) is 157 Å². The molecule has 5 amide bonds. The second kappa shape index (κ2) is 20.7. The molecule has 0 fully saturated rings. The summed E-state index contributed by atoms with van der Waals surface area (Å²) in [6.07, 6.45) is 3.21. The molecule has 61 heavy (non-hydrogen) atoms. The molecule has 0 bridgehead atoms. The van der Waals surface area contributed by atoms with Crippen LogP contribution in [0.15, 0.2) is 42.1 Å². The van der Waals surface area contributed by atoms with Crippen molar-refractivity contribution in [2.75, 3.05) is 20.6 Å². The van der Waals surface area contributed by atoms with Gasteiger partial charge in [0.25, 0.3) is 0 Å². The lowest BCUT2D eigenvalue weighted by molar-refractivity contribution is -0.142. The van der Waals surface area contributed by atoms with Crippen LogP contribution in [0, 0.1) is 11.3 Å². The molecule has 0 radical (unpaired) electrons. The van der Waals surface area contributed by atoms with Gasteiger partial charge < -0.3 is 40.0 Å². The first-order valence-corrected chi connectivity index (χ1v) is 21.1. The van der Waals surface area contributed by atoms with Gasteiger partial charge in [0.2, 0.25) is 17.7 Å². The van der Waals surface area contributed by atoms with Crippen LogP contribution in [0.25, 0.3) is 10.9 Å². The Labute approximate surface area is 363 Å². The van der Waals surface area contributed by atoms with E-state index in [1.807, 2.05) is 90.5 Å². The molecular formula is C46H74N6O9. The van der Waals surface area contributed by atoms with Crippen LogP contribution in [0.1, 0.15) is 122 Å². The highest BCUT2D eigenvalue weighted by Gasteiger charge is 2.47. The maximum Gasteiger partial charge on any atom is 0.410 e. The molecule has 1 unspecified atom stereocenters. The van der Waals surface area contributed by atoms with Gasteiger partial charge in [-0.25, -0.2) is 14.4 Å². The summed E-state index contributed by atoms with van der Waals surface area (Å²) in [6.45, 7) is 25.5. The molecule has 0 aliphatic heterocycles. The summed E-state index contributed by atoms with van der Waals surface area (Å²) < 4.78 is 12.9. The quantitative estimate of drug-likeness (QED) is 0.0968. The Bertz CT molecular complexity index is 1910. The lowest BCUT2D eigenvalue weighted by Gasteiger charge is -2.42. The number of nitrogens with zero attached hydrogens (tertiary/aromatic N) is 3. The maximum absolute atomic E-state index is 14.8. The predicted molar refractivity (Wildman–Crippen MR) is 238 cm³/mol. The highest BCUT2D eigenvalue weighted by molar-refractivity contribution is 5.95. The lowest BCUT2D eigenvalue weighted by atomic mass is 9.76. The Morgan fingerprint density at radius 2 is 1.41 bits per heavy atom. The Kier molecular flexibility index (Phi) is 17.6. The largest absolute Gasteiger partial charge is 0.480 e. The Hall–Kier alpha value is -5.08. The molecule has 2 aromatic rings. The van der Waals surface area contributed by atoms with Gasteiger partial charge >= 0.3 is 18.2 Å². The van der Waals surface area contributed by atoms with Crippen molar-refractivity contribution in [2.24, 2.45) is 18.4 Å². The lowest BCUT2D eigenvalue weighted by Crippen LogP contribution is -2.63. The number of amides is 5. The van der Waals surface area contributed by atoms with Gasteiger partial charge in [0, 0.05) is 55.8 Å². The first kappa shape index (κ1) is 52.1. The standard InChI is InChI=1S/C46H74N6O9/c1-28(2)34(26-29(3)37(53)47-25-21-20-23-32(40(56)57)48-41(58)60-44(7,8)9)51(16)39(55)35(43(4,5)6)49-38(54)36(52(17)42(59)61-45(10,11)12)46(13,14)31-27-50(15)33-24-19-18-22-30(31)33/h18-19,22,24,26-28,32,34-36H,20-21,23,25H2,1-17H3,(H,47,53)(H,48,58)(H,49,54)(H,56,57)/b29-26+/t32-,34-,35?,36-/m1/s1. The van der Waals surface area contributed by atoms with Gasteiger partial charge in [0.15, 0.2) is 0 Å². The molecule has 342 valence electrons. The van der Waals surface area contributed by atoms with Crippen LogP contribution >= 0.6 is 0 Å². The van der Waals surface area contributed by atoms with E-state index < -0.39 is 70.3 Å². The van der Waals surface area contributed by atoms with E-state index in [1.54, 1.807) is 66.5 Å². The third-order valence-corrected chi connectivity index (χ3v) is 10.4. The van der Waals surface area contributed by atoms with Crippen LogP contribution in [0.4, 0.5) is 9.59 Å². The van der Waals surface area contributed by atoms with Crippen molar-refractivity contribution in [3.63, 3.8) is 0 Å². The van der Waals surface area contributed by atoms with Gasteiger partial charge in [0.05, 0.1) is 6.04 Å². The smallest absolute Gasteiger partial charge is 0.410 e. The van der Waals surface area contributed by atoms with Crippen LogP contribution < -0.4 is 16.0 Å². The Morgan fingerprint density at radius 1 is 0.836 bits per heavy atom. The number of para-hydroxylation sites is 1. The summed E-state index contributed by atoms with van der Waals surface area (Å²) in [6, 6.07) is 4.02. The van der Waals surface area contributed by atoms with Crippen LogP contribution in [0.5, 0.6) is 0 Å². The van der Waals surface area contributed by atoms with Crippen LogP contribution in [0.3, 0.4) is 0 Å². The summed E-state index contributed by atoms with van der Waals surface area (Å²) in [7, 11) is 5.11. The minimum atomic E-state index is -1.18. The molecule has 0 aliphatic carbocycles. The van der Waals surface area contributed by atoms with Gasteiger partial charge in [-0.15, -0.1) is 0 Å². The predicted octanol–water partition coefficient (Wildman–Crippen LogP) is 6.92. The molecule has 1 aromatic heterocycles. The minimum Gasteiger partial charge on any atom is -0.480 e. The van der Waals surface area contributed by atoms with Gasteiger partial charge in [0.1, 0.15) is 29.3 Å². The number of carboxylic acids is 1. The molecule has 0 spiro atoms. The summed E-state index contributed by atoms with van der Waals surface area (Å²) in [4.78, 5) is 83.0. The number of unbranched alkanes of at least 4 members (excludes halogenated alkanes) is 1. The van der Waals surface area contributed by atoms with Crippen LogP contribution in [-0.4, -0.2) is 111 Å². The summed E-state index contributed by atoms with van der Waals surface area (Å²) in [5.41, 5.74) is -1.17. The van der Waals surface area contributed by atoms with E-state index >= 15 is 0 Å². The Morgan fingerprint density at radius 3 is 1.93 bits per heavy atom. The molecule has 4 atom stereocenters. The third kappa shape index (κ3) is 14.8. The number of hydrogen-bond acceptors (Lipinski definition) is 8. The van der Waals surface area contributed by atoms with Gasteiger partial charge in [-0.3, -0.25) is 19.3 Å². The third-order valence-electron chi connectivity index (χ3n) is 10.4. The molecule has 0 saturated carbocycles. The van der Waals surface area contributed by atoms with Gasteiger partial charge in [-0.2, -0.15) is 0 Å². The van der Waals surface area contributed by atoms with Crippen LogP contribution in [0.2, 0.25) is 0 Å². The van der Waals surface area contributed by atoms with Gasteiger partial charge in [-0.1, -0.05) is 72.7 Å². The number of carbonyl (C=O) groups excluding carboxylic acids is 5. The van der Waals surface area contributed by atoms with E-state index in [1.165, 1.54) is 11.9 Å². The van der Waals surface area contributed by atoms with Crippen LogP contribution in [-0.2, 0) is 41.1 Å². The number of ether oxygens (including phenoxy) is 2. The highest BCUT2D eigenvalue weighted by Crippen LogP contribution is 2.37. The van der Waals surface area contributed by atoms with E-state index in [0.29, 0.717) is 18.4 Å². The number of carbonyl (C=O) groups is 6. The highest BCUT2D eigenvalue weighted by atomic mass is 16.6. The van der Waals surface area contributed by atoms with E-state index in [2.05, 4.69) is 16.0 Å². The first-order valence-electron chi connectivity index (χ1n) is 21.1. The average Bonchev–Trinajstić information content (AvgIpc) is 3.46. The van der Waals surface area contributed by atoms with Gasteiger partial charge in [-0.05, 0) is 90.7 Å². The zero-order valence-electron chi connectivity index (χ0n) is 39.7. The monoisotopic (exact) mass is 855 g/mol. The van der Waals surface area contributed by atoms with Crippen molar-refractivity contribution in [1.82, 2.24) is 30.3 Å². The SMILES string of the molecule is C/C(=C\[C@H](C(C)C)N(C)C(=O)C(NC(=O)[C@@H](N(C)C(=O)OC(C)(C)C)C(C)(C)c1cn(C)c2ccccc12)C(C)(C)C)C(=O)NCCCC[C@@H](NC(=O)OC(C)(C)C)C(=O)O. The number of aliphatic carboxylic acids is 1. The first-order chi connectivity index (χ1) is 27.8. The van der Waals surface area contributed by atoms with Crippen molar-refractivity contribution < 1.29 is 43.3 Å². The second-order valence-corrected chi connectivity index (χ2v) is 20.0. The second-order valence-electron chi connectivity index (χ2n) is 20.0. The molecule has 4 N–H and O–H groups in total. The summed E-state index contributed by atoms with van der Waals surface area (Å²) >= 11 is 0. The number of carboxylic acid groups (broad SMARTS) is 1. The van der Waals surface area contributed by atoms with E-state index in [4.69, 9.17) is 9.47 Å². The molecular weight excluding hydrogens is 781 g/mol. The number of hydrogen-bond donors (Lipinski definition) is 4. The fraction of sp³-hybridized carbons (Fsp3) is 0.652. The topological polar surface area (TPSA) is 189 Å². The Balaban J connectivity index is 2.34. The average molecular weight is 855 g/mol. The molecule has 15 heteroatoms. The normalized spacial score (nSPS) is 14.7. The zero-order chi connectivity index (χ0) is 47.0. The fourth-order valence-electron chi connectivity index (χ4n) is 7.26. The molecule has 0 saturated heterocycles. The molecule has 1 aromatic carbocycles. The minimum absolute atomic E-state index is 0.130. The molecule has 1 heterocycles. The van der Waals surface area contributed by atoms with Crippen molar-refractivity contribution in [3.05, 3.63) is 47.7 Å². The summed E-state index contributed by atoms with van der Waals surface area (Å²) in [5.74, 6) is -2.57. The molecule has 0 aliphatic rings. The van der Waals surface area contributed by atoms with E-state index in [-0.39, 0.29) is 30.7 Å². The van der Waals surface area contributed by atoms with Crippen molar-refractivity contribution >= 4 is 46.8 Å². The summed E-state index contributed by atoms with van der Waals surface area (Å²) in [5, 5.41) is 18.8. The fourth-order valence-corrected chi connectivity index (χ4v) is 7.26. The van der Waals surface area contributed by atoms with E-state index in [0.717, 1.165) is 16.5 Å². The number of alkyl carbamates (subject to hydrolysis) is 1. The number of fused-ring (bicyclic) bond motifs is 1. The number of benzene rings is 1. The van der Waals surface area contributed by atoms with E-state index in [9.17, 15) is 33.9 Å². The maximum atomic E-state index is 14.8. The molecule has 2 rings (SSSR count). The molecule has 15 nitrogen and oxygen atoms in total.